The van der Waals surface area contributed by atoms with E-state index in [1.807, 2.05) is 24.3 Å². The van der Waals surface area contributed by atoms with Gasteiger partial charge in [0.15, 0.2) is 0 Å². The van der Waals surface area contributed by atoms with Gasteiger partial charge in [-0.05, 0) is 29.3 Å². The summed E-state index contributed by atoms with van der Waals surface area (Å²) in [5.74, 6) is -0.226. The number of benzene rings is 2. The largest absolute Gasteiger partial charge is 0.398 e. The van der Waals surface area contributed by atoms with Crippen LogP contribution >= 0.6 is 11.6 Å². The highest BCUT2D eigenvalue weighted by Gasteiger charge is 2.10. The van der Waals surface area contributed by atoms with Crippen LogP contribution in [0, 0.1) is 0 Å². The van der Waals surface area contributed by atoms with Crippen molar-refractivity contribution in [2.75, 3.05) is 12.8 Å². The fourth-order valence-electron chi connectivity index (χ4n) is 2.04. The van der Waals surface area contributed by atoms with Crippen LogP contribution in [0.15, 0.2) is 42.5 Å². The average Bonchev–Trinajstić information content (AvgIpc) is 2.46. The first-order valence-corrected chi connectivity index (χ1v) is 6.88. The molecule has 3 N–H and O–H groups in total. The molecule has 2 aromatic carbocycles. The van der Waals surface area contributed by atoms with Gasteiger partial charge in [-0.1, -0.05) is 35.9 Å². The van der Waals surface area contributed by atoms with Crippen LogP contribution in [0.2, 0.25) is 5.02 Å². The number of nitrogens with one attached hydrogen (secondary N) is 1. The van der Waals surface area contributed by atoms with Crippen molar-refractivity contribution in [2.45, 2.75) is 13.2 Å². The third kappa shape index (κ3) is 3.97. The molecule has 0 atom stereocenters. The van der Waals surface area contributed by atoms with E-state index in [9.17, 15) is 4.79 Å². The number of nitrogen functional groups attached to an aromatic ring is 1. The van der Waals surface area contributed by atoms with Gasteiger partial charge < -0.3 is 15.8 Å². The number of hydrogen-bond donors (Lipinski definition) is 2. The van der Waals surface area contributed by atoms with Crippen molar-refractivity contribution in [3.63, 3.8) is 0 Å². The maximum atomic E-state index is 12.2. The number of ether oxygens (including phenoxy) is 1. The number of methoxy groups -OCH3 is 1. The fourth-order valence-corrected chi connectivity index (χ4v) is 2.22. The summed E-state index contributed by atoms with van der Waals surface area (Å²) in [6, 6.07) is 12.6. The number of carbonyl (C=O) groups excluding carboxylic acids is 1. The zero-order valence-corrected chi connectivity index (χ0v) is 12.5. The molecule has 0 unspecified atom stereocenters. The van der Waals surface area contributed by atoms with Crippen molar-refractivity contribution in [1.29, 1.82) is 0 Å². The molecule has 0 heterocycles. The zero-order valence-electron chi connectivity index (χ0n) is 11.7. The molecule has 0 aliphatic heterocycles. The summed E-state index contributed by atoms with van der Waals surface area (Å²) in [5, 5.41) is 3.37. The van der Waals surface area contributed by atoms with Crippen molar-refractivity contribution < 1.29 is 9.53 Å². The van der Waals surface area contributed by atoms with Crippen molar-refractivity contribution in [3.8, 4) is 0 Å². The Morgan fingerprint density at radius 2 is 1.95 bits per heavy atom. The minimum atomic E-state index is -0.226. The van der Waals surface area contributed by atoms with Gasteiger partial charge in [0.1, 0.15) is 0 Å². The molecule has 0 aliphatic rings. The first-order valence-electron chi connectivity index (χ1n) is 6.50. The summed E-state index contributed by atoms with van der Waals surface area (Å²) in [6.45, 7) is 0.926. The molecule has 2 rings (SSSR count). The molecular formula is C16H17ClN2O2. The van der Waals surface area contributed by atoms with E-state index in [2.05, 4.69) is 5.32 Å². The van der Waals surface area contributed by atoms with E-state index in [1.54, 1.807) is 25.3 Å². The quantitative estimate of drug-likeness (QED) is 0.835. The van der Waals surface area contributed by atoms with E-state index in [0.29, 0.717) is 29.4 Å². The Labute approximate surface area is 128 Å². The molecule has 0 aliphatic carbocycles. The van der Waals surface area contributed by atoms with Gasteiger partial charge in [-0.2, -0.15) is 0 Å². The Kier molecular flexibility index (Phi) is 5.20. The van der Waals surface area contributed by atoms with Crippen LogP contribution in [0.5, 0.6) is 0 Å². The number of rotatable bonds is 5. The predicted octanol–water partition coefficient (Wildman–Crippen LogP) is 3.00. The van der Waals surface area contributed by atoms with Crippen LogP contribution in [0.4, 0.5) is 5.69 Å². The number of anilines is 1. The molecule has 21 heavy (non-hydrogen) atoms. The molecule has 0 fully saturated rings. The third-order valence-corrected chi connectivity index (χ3v) is 3.35. The first-order chi connectivity index (χ1) is 10.1. The van der Waals surface area contributed by atoms with Gasteiger partial charge in [-0.25, -0.2) is 0 Å². The Balaban J connectivity index is 2.07. The Morgan fingerprint density at radius 1 is 1.24 bits per heavy atom. The summed E-state index contributed by atoms with van der Waals surface area (Å²) in [5.41, 5.74) is 8.65. The highest BCUT2D eigenvalue weighted by molar-refractivity contribution is 6.31. The summed E-state index contributed by atoms with van der Waals surface area (Å²) in [7, 11) is 1.64. The minimum Gasteiger partial charge on any atom is -0.398 e. The van der Waals surface area contributed by atoms with Gasteiger partial charge in [0, 0.05) is 24.4 Å². The Morgan fingerprint density at radius 3 is 2.62 bits per heavy atom. The molecule has 0 bridgehead atoms. The smallest absolute Gasteiger partial charge is 0.253 e. The lowest BCUT2D eigenvalue weighted by atomic mass is 10.1. The minimum absolute atomic E-state index is 0.226. The molecule has 1 amide bonds. The molecule has 4 nitrogen and oxygen atoms in total. The molecule has 2 aromatic rings. The maximum absolute atomic E-state index is 12.2. The van der Waals surface area contributed by atoms with Gasteiger partial charge in [-0.3, -0.25) is 4.79 Å². The van der Waals surface area contributed by atoms with Crippen LogP contribution in [-0.2, 0) is 17.9 Å². The van der Waals surface area contributed by atoms with E-state index in [1.165, 1.54) is 0 Å². The predicted molar refractivity (Wildman–Crippen MR) is 84.2 cm³/mol. The second-order valence-corrected chi connectivity index (χ2v) is 5.05. The molecule has 0 spiro atoms. The zero-order chi connectivity index (χ0) is 15.2. The van der Waals surface area contributed by atoms with Gasteiger partial charge in [0.05, 0.1) is 12.2 Å². The van der Waals surface area contributed by atoms with Crippen molar-refractivity contribution in [3.05, 3.63) is 64.2 Å². The van der Waals surface area contributed by atoms with Gasteiger partial charge in [0.25, 0.3) is 5.91 Å². The van der Waals surface area contributed by atoms with E-state index >= 15 is 0 Å². The van der Waals surface area contributed by atoms with Crippen molar-refractivity contribution in [2.24, 2.45) is 0 Å². The summed E-state index contributed by atoms with van der Waals surface area (Å²) in [4.78, 5) is 12.2. The van der Waals surface area contributed by atoms with E-state index in [-0.39, 0.29) is 5.91 Å². The monoisotopic (exact) mass is 304 g/mol. The van der Waals surface area contributed by atoms with Crippen molar-refractivity contribution >= 4 is 23.2 Å². The normalized spacial score (nSPS) is 10.4. The number of nitrogens with two attached hydrogens (primary N) is 1. The lowest BCUT2D eigenvalue weighted by Crippen LogP contribution is -2.24. The SMILES string of the molecule is COCc1ccccc1CNC(=O)c1ccc(Cl)cc1N. The van der Waals surface area contributed by atoms with E-state index in [0.717, 1.165) is 11.1 Å². The maximum Gasteiger partial charge on any atom is 0.253 e. The second kappa shape index (κ2) is 7.11. The number of halogens is 1. The number of carbonyl (C=O) groups is 1. The highest BCUT2D eigenvalue weighted by Crippen LogP contribution is 2.18. The average molecular weight is 305 g/mol. The lowest BCUT2D eigenvalue weighted by molar-refractivity contribution is 0.0951. The van der Waals surface area contributed by atoms with Crippen LogP contribution in [0.25, 0.3) is 0 Å². The van der Waals surface area contributed by atoms with Gasteiger partial charge >= 0.3 is 0 Å². The van der Waals surface area contributed by atoms with Gasteiger partial charge in [-0.15, -0.1) is 0 Å². The number of hydrogen-bond acceptors (Lipinski definition) is 3. The first kappa shape index (κ1) is 15.4. The van der Waals surface area contributed by atoms with Crippen LogP contribution in [0.1, 0.15) is 21.5 Å². The van der Waals surface area contributed by atoms with Crippen LogP contribution in [-0.4, -0.2) is 13.0 Å². The molecule has 0 saturated carbocycles. The van der Waals surface area contributed by atoms with Crippen LogP contribution in [0.3, 0.4) is 0 Å². The van der Waals surface area contributed by atoms with Crippen molar-refractivity contribution in [1.82, 2.24) is 5.32 Å². The molecule has 0 saturated heterocycles. The van der Waals surface area contributed by atoms with E-state index < -0.39 is 0 Å². The summed E-state index contributed by atoms with van der Waals surface area (Å²) >= 11 is 5.82. The summed E-state index contributed by atoms with van der Waals surface area (Å²) in [6.07, 6.45) is 0. The molecule has 0 aromatic heterocycles. The molecule has 5 heteroatoms. The molecule has 0 radical (unpaired) electrons. The Hall–Kier alpha value is -2.04. The second-order valence-electron chi connectivity index (χ2n) is 4.62. The molecule has 110 valence electrons. The van der Waals surface area contributed by atoms with Gasteiger partial charge in [0.2, 0.25) is 0 Å². The standard InChI is InChI=1S/C16H17ClN2O2/c1-21-10-12-5-3-2-4-11(12)9-19-16(20)14-7-6-13(17)8-15(14)18/h2-8H,9-10,18H2,1H3,(H,19,20). The highest BCUT2D eigenvalue weighted by atomic mass is 35.5. The van der Waals surface area contributed by atoms with Crippen LogP contribution < -0.4 is 11.1 Å². The Bertz CT molecular complexity index is 644. The van der Waals surface area contributed by atoms with E-state index in [4.69, 9.17) is 22.1 Å². The lowest BCUT2D eigenvalue weighted by Gasteiger charge is -2.11. The number of amides is 1. The topological polar surface area (TPSA) is 64.3 Å². The molecular weight excluding hydrogens is 288 g/mol. The summed E-state index contributed by atoms with van der Waals surface area (Å²) < 4.78 is 5.14. The fraction of sp³-hybridized carbons (Fsp3) is 0.188. The third-order valence-electron chi connectivity index (χ3n) is 3.12.